The zero-order valence-electron chi connectivity index (χ0n) is 18.9. The van der Waals surface area contributed by atoms with Gasteiger partial charge in [0.15, 0.2) is 0 Å². The van der Waals surface area contributed by atoms with Gasteiger partial charge in [-0.2, -0.15) is 8.42 Å². The van der Waals surface area contributed by atoms with Crippen molar-refractivity contribution in [3.63, 3.8) is 0 Å². The summed E-state index contributed by atoms with van der Waals surface area (Å²) >= 11 is 0. The van der Waals surface area contributed by atoms with Gasteiger partial charge in [0.05, 0.1) is 0 Å². The third-order valence-electron chi connectivity index (χ3n) is 8.01. The second-order valence-corrected chi connectivity index (χ2v) is 11.7. The van der Waals surface area contributed by atoms with Crippen LogP contribution in [0.5, 0.6) is 0 Å². The summed E-state index contributed by atoms with van der Waals surface area (Å²) in [6, 6.07) is 5.21. The van der Waals surface area contributed by atoms with Gasteiger partial charge in [-0.1, -0.05) is 25.0 Å². The Bertz CT molecular complexity index is 1190. The van der Waals surface area contributed by atoms with Gasteiger partial charge in [0, 0.05) is 29.8 Å². The molecule has 0 spiro atoms. The second kappa shape index (κ2) is 8.17. The van der Waals surface area contributed by atoms with Crippen LogP contribution in [0.3, 0.4) is 0 Å². The van der Waals surface area contributed by atoms with Gasteiger partial charge in [-0.15, -0.1) is 0 Å². The molecular weight excluding hydrogens is 438 g/mol. The standard InChI is InChI=1S/C25H31N3O4S/c29-25(26-23-20-7-3-6-17(20)8-9-21(23)16-4-1-2-5-16)27-33(30,31)22-14-19-15-28-12-10-18(11-13-28)24(19)32-22/h8-9,14,16,18H,1-7,10-13,15H2,(H2,26,27,29). The van der Waals surface area contributed by atoms with Crippen molar-refractivity contribution < 1.29 is 17.6 Å². The molecule has 176 valence electrons. The summed E-state index contributed by atoms with van der Waals surface area (Å²) in [5.41, 5.74) is 5.33. The molecule has 33 heavy (non-hydrogen) atoms. The first kappa shape index (κ1) is 21.2. The number of amides is 2. The first-order valence-electron chi connectivity index (χ1n) is 12.3. The minimum Gasteiger partial charge on any atom is -0.447 e. The average molecular weight is 470 g/mol. The number of nitrogens with zero attached hydrogens (tertiary/aromatic N) is 1. The van der Waals surface area contributed by atoms with Gasteiger partial charge in [-0.25, -0.2) is 9.52 Å². The number of benzene rings is 1. The summed E-state index contributed by atoms with van der Waals surface area (Å²) < 4.78 is 34.1. The number of hydrogen-bond acceptors (Lipinski definition) is 5. The molecule has 2 fully saturated rings. The second-order valence-electron chi connectivity index (χ2n) is 10.1. The topological polar surface area (TPSA) is 91.7 Å². The predicted molar refractivity (Wildman–Crippen MR) is 125 cm³/mol. The lowest BCUT2D eigenvalue weighted by Gasteiger charge is -2.26. The summed E-state index contributed by atoms with van der Waals surface area (Å²) in [5, 5.41) is 2.77. The highest BCUT2D eigenvalue weighted by atomic mass is 32.2. The lowest BCUT2D eigenvalue weighted by Crippen LogP contribution is -2.35. The Balaban J connectivity index is 1.24. The number of carbonyl (C=O) groups excluding carboxylic acids is 1. The SMILES string of the molecule is O=C(Nc1c(C2CCCC2)ccc2c1CCC2)NS(=O)(=O)c1cc2c(o1)C1CCN(CC1)C2. The number of anilines is 1. The Morgan fingerprint density at radius 2 is 1.76 bits per heavy atom. The summed E-state index contributed by atoms with van der Waals surface area (Å²) in [5.74, 6) is 1.46. The molecule has 0 unspecified atom stereocenters. The van der Waals surface area contributed by atoms with E-state index in [2.05, 4.69) is 27.1 Å². The highest BCUT2D eigenvalue weighted by Crippen LogP contribution is 2.42. The Morgan fingerprint density at radius 3 is 2.55 bits per heavy atom. The molecule has 0 radical (unpaired) electrons. The Morgan fingerprint density at radius 1 is 0.970 bits per heavy atom. The van der Waals surface area contributed by atoms with Gasteiger partial charge < -0.3 is 9.73 Å². The zero-order valence-corrected chi connectivity index (χ0v) is 19.7. The highest BCUT2D eigenvalue weighted by Gasteiger charge is 2.34. The van der Waals surface area contributed by atoms with E-state index in [1.54, 1.807) is 6.07 Å². The number of furan rings is 1. The van der Waals surface area contributed by atoms with Gasteiger partial charge >= 0.3 is 6.03 Å². The smallest absolute Gasteiger partial charge is 0.333 e. The summed E-state index contributed by atoms with van der Waals surface area (Å²) in [6.07, 6.45) is 9.58. The number of urea groups is 1. The van der Waals surface area contributed by atoms with Crippen molar-refractivity contribution in [2.45, 2.75) is 81.3 Å². The maximum absolute atomic E-state index is 13.0. The molecule has 8 heteroatoms. The van der Waals surface area contributed by atoms with E-state index in [0.717, 1.165) is 80.6 Å². The fourth-order valence-electron chi connectivity index (χ4n) is 6.33. The van der Waals surface area contributed by atoms with Crippen molar-refractivity contribution in [1.29, 1.82) is 0 Å². The third kappa shape index (κ3) is 3.87. The molecule has 1 aromatic carbocycles. The summed E-state index contributed by atoms with van der Waals surface area (Å²) in [4.78, 5) is 15.3. The van der Waals surface area contributed by atoms with Crippen LogP contribution in [0.15, 0.2) is 27.7 Å². The average Bonchev–Trinajstić information content (AvgIpc) is 3.53. The highest BCUT2D eigenvalue weighted by molar-refractivity contribution is 7.89. The van der Waals surface area contributed by atoms with Gasteiger partial charge in [0.1, 0.15) is 5.76 Å². The van der Waals surface area contributed by atoms with Crippen molar-refractivity contribution in [2.24, 2.45) is 0 Å². The molecule has 1 aromatic heterocycles. The van der Waals surface area contributed by atoms with Crippen LogP contribution in [0.1, 0.15) is 84.8 Å². The fourth-order valence-corrected chi connectivity index (χ4v) is 7.23. The molecule has 5 aliphatic rings. The Labute approximate surface area is 195 Å². The van der Waals surface area contributed by atoms with Gasteiger partial charge in [0.2, 0.25) is 5.09 Å². The molecule has 2 bridgehead atoms. The van der Waals surface area contributed by atoms with Crippen molar-refractivity contribution in [3.8, 4) is 0 Å². The van der Waals surface area contributed by atoms with E-state index in [0.29, 0.717) is 12.5 Å². The van der Waals surface area contributed by atoms with E-state index >= 15 is 0 Å². The van der Waals surface area contributed by atoms with E-state index in [1.807, 2.05) is 0 Å². The maximum Gasteiger partial charge on any atom is 0.333 e. The first-order valence-corrected chi connectivity index (χ1v) is 13.8. The fraction of sp³-hybridized carbons (Fsp3) is 0.560. The summed E-state index contributed by atoms with van der Waals surface area (Å²) in [6.45, 7) is 2.74. The van der Waals surface area contributed by atoms with Crippen molar-refractivity contribution >= 4 is 21.7 Å². The molecule has 3 aliphatic heterocycles. The van der Waals surface area contributed by atoms with E-state index < -0.39 is 16.1 Å². The third-order valence-corrected chi connectivity index (χ3v) is 9.20. The van der Waals surface area contributed by atoms with Gasteiger partial charge in [0.25, 0.3) is 10.0 Å². The molecule has 1 saturated heterocycles. The van der Waals surface area contributed by atoms with E-state index in [9.17, 15) is 13.2 Å². The molecule has 1 saturated carbocycles. The molecule has 7 nitrogen and oxygen atoms in total. The van der Waals surface area contributed by atoms with Crippen molar-refractivity contribution in [1.82, 2.24) is 9.62 Å². The lowest BCUT2D eigenvalue weighted by molar-refractivity contribution is 0.212. The van der Waals surface area contributed by atoms with E-state index in [4.69, 9.17) is 4.42 Å². The quantitative estimate of drug-likeness (QED) is 0.681. The van der Waals surface area contributed by atoms with Gasteiger partial charge in [-0.05, 0) is 80.6 Å². The lowest BCUT2D eigenvalue weighted by atomic mass is 9.92. The number of carbonyl (C=O) groups is 1. The van der Waals surface area contributed by atoms with Crippen LogP contribution < -0.4 is 10.0 Å². The maximum atomic E-state index is 13.0. The van der Waals surface area contributed by atoms with Crippen LogP contribution in [0.4, 0.5) is 10.5 Å². The number of piperidine rings is 1. The Hall–Kier alpha value is -2.32. The number of rotatable bonds is 4. The molecule has 2 amide bonds. The molecule has 2 aliphatic carbocycles. The van der Waals surface area contributed by atoms with E-state index in [1.165, 1.54) is 24.0 Å². The minimum absolute atomic E-state index is 0.161. The minimum atomic E-state index is -4.10. The van der Waals surface area contributed by atoms with Crippen LogP contribution in [-0.4, -0.2) is 32.4 Å². The number of sulfonamides is 1. The molecule has 4 heterocycles. The number of nitrogens with one attached hydrogen (secondary N) is 2. The Kier molecular flexibility index (Phi) is 5.25. The molecule has 2 N–H and O–H groups in total. The summed E-state index contributed by atoms with van der Waals surface area (Å²) in [7, 11) is -4.10. The molecule has 2 aromatic rings. The van der Waals surface area contributed by atoms with Gasteiger partial charge in [-0.3, -0.25) is 4.90 Å². The van der Waals surface area contributed by atoms with Crippen LogP contribution in [0.2, 0.25) is 0 Å². The van der Waals surface area contributed by atoms with Crippen LogP contribution in [0.25, 0.3) is 0 Å². The van der Waals surface area contributed by atoms with Crippen LogP contribution >= 0.6 is 0 Å². The molecular formula is C25H31N3O4S. The molecule has 0 atom stereocenters. The van der Waals surface area contributed by atoms with Crippen LogP contribution in [-0.2, 0) is 29.4 Å². The molecule has 7 rings (SSSR count). The normalized spacial score (nSPS) is 24.4. The number of hydrogen-bond donors (Lipinski definition) is 2. The zero-order chi connectivity index (χ0) is 22.6. The monoisotopic (exact) mass is 469 g/mol. The largest absolute Gasteiger partial charge is 0.447 e. The van der Waals surface area contributed by atoms with Crippen molar-refractivity contribution in [2.75, 3.05) is 18.4 Å². The van der Waals surface area contributed by atoms with Crippen LogP contribution in [0, 0.1) is 0 Å². The van der Waals surface area contributed by atoms with Crippen molar-refractivity contribution in [3.05, 3.63) is 46.2 Å². The predicted octanol–water partition coefficient (Wildman–Crippen LogP) is 4.63. The number of fused-ring (bicyclic) bond motifs is 3. The number of aryl methyl sites for hydroxylation is 1. The first-order chi connectivity index (χ1) is 16.0. The van der Waals surface area contributed by atoms with E-state index in [-0.39, 0.29) is 11.0 Å².